The molecule has 0 aliphatic rings. The number of hydrogen-bond donors (Lipinski definition) is 1. The molecule has 0 saturated heterocycles. The molecule has 2 aromatic rings. The molecular formula is C11H10N2O2. The van der Waals surface area contributed by atoms with Crippen molar-refractivity contribution in [1.82, 2.24) is 4.98 Å². The largest absolute Gasteiger partial charge is 0.365 e. The van der Waals surface area contributed by atoms with E-state index >= 15 is 0 Å². The van der Waals surface area contributed by atoms with Crippen LogP contribution < -0.4 is 0 Å². The number of hydrogen-bond acceptors (Lipinski definition) is 2. The van der Waals surface area contributed by atoms with Gasteiger partial charge in [-0.25, -0.2) is 0 Å². The van der Waals surface area contributed by atoms with Crippen LogP contribution in [-0.4, -0.2) is 9.91 Å². The number of nitrogens with zero attached hydrogens (tertiary/aromatic N) is 1. The highest BCUT2D eigenvalue weighted by Gasteiger charge is 2.04. The Morgan fingerprint density at radius 1 is 1.20 bits per heavy atom. The molecule has 1 heterocycles. The van der Waals surface area contributed by atoms with Crippen LogP contribution in [0, 0.1) is 10.1 Å². The van der Waals surface area contributed by atoms with Gasteiger partial charge in [-0.3, -0.25) is 10.1 Å². The number of H-pyrrole nitrogens is 1. The standard InChI is InChI=1S/C11H10N2O2/c14-13(15)11-5-3-9(4-6-11)8-10-2-1-7-12-10/h1-7,12H,8H2. The van der Waals surface area contributed by atoms with E-state index in [0.29, 0.717) is 0 Å². The lowest BCUT2D eigenvalue weighted by atomic mass is 10.1. The number of non-ortho nitro benzene ring substituents is 1. The van der Waals surface area contributed by atoms with Crippen LogP contribution in [-0.2, 0) is 6.42 Å². The summed E-state index contributed by atoms with van der Waals surface area (Å²) < 4.78 is 0. The molecule has 1 N–H and O–H groups in total. The van der Waals surface area contributed by atoms with Crippen molar-refractivity contribution in [1.29, 1.82) is 0 Å². The minimum absolute atomic E-state index is 0.130. The van der Waals surface area contributed by atoms with Crippen LogP contribution in [0.3, 0.4) is 0 Å². The predicted molar refractivity (Wildman–Crippen MR) is 56.7 cm³/mol. The normalized spacial score (nSPS) is 10.1. The maximum Gasteiger partial charge on any atom is 0.269 e. The van der Waals surface area contributed by atoms with E-state index in [-0.39, 0.29) is 5.69 Å². The number of rotatable bonds is 3. The Labute approximate surface area is 86.7 Å². The summed E-state index contributed by atoms with van der Waals surface area (Å²) in [4.78, 5) is 13.1. The van der Waals surface area contributed by atoms with Gasteiger partial charge in [0.25, 0.3) is 5.69 Å². The summed E-state index contributed by atoms with van der Waals surface area (Å²) in [6.07, 6.45) is 2.63. The van der Waals surface area contributed by atoms with Crippen molar-refractivity contribution in [2.24, 2.45) is 0 Å². The highest BCUT2D eigenvalue weighted by molar-refractivity contribution is 5.34. The van der Waals surface area contributed by atoms with Gasteiger partial charge >= 0.3 is 0 Å². The fraction of sp³-hybridized carbons (Fsp3) is 0.0909. The summed E-state index contributed by atoms with van der Waals surface area (Å²) in [7, 11) is 0. The first-order valence-corrected chi connectivity index (χ1v) is 4.61. The van der Waals surface area contributed by atoms with Crippen molar-refractivity contribution >= 4 is 5.69 Å². The molecule has 0 atom stereocenters. The number of nitro groups is 1. The van der Waals surface area contributed by atoms with Crippen LogP contribution in [0.5, 0.6) is 0 Å². The minimum atomic E-state index is -0.390. The van der Waals surface area contributed by atoms with Gasteiger partial charge in [-0.1, -0.05) is 12.1 Å². The first-order chi connectivity index (χ1) is 7.25. The van der Waals surface area contributed by atoms with E-state index in [0.717, 1.165) is 17.7 Å². The fourth-order valence-corrected chi connectivity index (χ4v) is 1.43. The van der Waals surface area contributed by atoms with Gasteiger partial charge in [-0.05, 0) is 17.7 Å². The Hall–Kier alpha value is -2.10. The summed E-state index contributed by atoms with van der Waals surface area (Å²) in [6.45, 7) is 0. The minimum Gasteiger partial charge on any atom is -0.365 e. The van der Waals surface area contributed by atoms with Crippen molar-refractivity contribution in [3.63, 3.8) is 0 Å². The average molecular weight is 202 g/mol. The SMILES string of the molecule is O=[N+]([O-])c1ccc(Cc2ccc[nH]2)cc1. The second kappa shape index (κ2) is 3.96. The Morgan fingerprint density at radius 3 is 2.47 bits per heavy atom. The lowest BCUT2D eigenvalue weighted by Crippen LogP contribution is -1.90. The average Bonchev–Trinajstić information content (AvgIpc) is 2.71. The van der Waals surface area contributed by atoms with Gasteiger partial charge in [0.05, 0.1) is 4.92 Å². The molecule has 0 saturated carbocycles. The topological polar surface area (TPSA) is 58.9 Å². The lowest BCUT2D eigenvalue weighted by molar-refractivity contribution is -0.384. The second-order valence-electron chi connectivity index (χ2n) is 3.30. The summed E-state index contributed by atoms with van der Waals surface area (Å²) >= 11 is 0. The number of nitrogens with one attached hydrogen (secondary N) is 1. The number of aromatic amines is 1. The molecule has 0 radical (unpaired) electrons. The van der Waals surface area contributed by atoms with Gasteiger partial charge in [0.15, 0.2) is 0 Å². The third-order valence-electron chi connectivity index (χ3n) is 2.20. The molecule has 0 aliphatic carbocycles. The third kappa shape index (κ3) is 2.22. The molecule has 0 bridgehead atoms. The van der Waals surface area contributed by atoms with Crippen LogP contribution in [0.4, 0.5) is 5.69 Å². The summed E-state index contributed by atoms with van der Waals surface area (Å²) in [6, 6.07) is 10.5. The molecule has 4 nitrogen and oxygen atoms in total. The first kappa shape index (κ1) is 9.45. The Morgan fingerprint density at radius 2 is 1.93 bits per heavy atom. The zero-order valence-corrected chi connectivity index (χ0v) is 8.01. The summed E-state index contributed by atoms with van der Waals surface area (Å²) in [5.41, 5.74) is 2.29. The third-order valence-corrected chi connectivity index (χ3v) is 2.20. The van der Waals surface area contributed by atoms with Gasteiger partial charge < -0.3 is 4.98 Å². The number of aromatic nitrogens is 1. The lowest BCUT2D eigenvalue weighted by Gasteiger charge is -1.98. The van der Waals surface area contributed by atoms with E-state index in [9.17, 15) is 10.1 Å². The Balaban J connectivity index is 2.14. The van der Waals surface area contributed by atoms with Gasteiger partial charge in [0, 0.05) is 30.4 Å². The molecule has 0 unspecified atom stereocenters. The molecule has 0 aliphatic heterocycles. The molecule has 4 heteroatoms. The number of nitro benzene ring substituents is 1. The van der Waals surface area contributed by atoms with Gasteiger partial charge in [-0.15, -0.1) is 0 Å². The molecular weight excluding hydrogens is 192 g/mol. The highest BCUT2D eigenvalue weighted by atomic mass is 16.6. The fourth-order valence-electron chi connectivity index (χ4n) is 1.43. The maximum atomic E-state index is 10.4. The Bertz CT molecular complexity index is 446. The van der Waals surface area contributed by atoms with Gasteiger partial charge in [-0.2, -0.15) is 0 Å². The van der Waals surface area contributed by atoms with E-state index in [1.165, 1.54) is 12.1 Å². The van der Waals surface area contributed by atoms with Crippen LogP contribution in [0.15, 0.2) is 42.6 Å². The zero-order chi connectivity index (χ0) is 10.7. The van der Waals surface area contributed by atoms with Crippen LogP contribution >= 0.6 is 0 Å². The molecule has 1 aromatic carbocycles. The van der Waals surface area contributed by atoms with Crippen molar-refractivity contribution < 1.29 is 4.92 Å². The van der Waals surface area contributed by atoms with Gasteiger partial charge in [0.1, 0.15) is 0 Å². The molecule has 15 heavy (non-hydrogen) atoms. The van der Waals surface area contributed by atoms with Crippen LogP contribution in [0.1, 0.15) is 11.3 Å². The first-order valence-electron chi connectivity index (χ1n) is 4.61. The number of benzene rings is 1. The maximum absolute atomic E-state index is 10.4. The molecule has 0 amide bonds. The van der Waals surface area contributed by atoms with E-state index in [1.54, 1.807) is 12.1 Å². The molecule has 1 aromatic heterocycles. The van der Waals surface area contributed by atoms with Gasteiger partial charge in [0.2, 0.25) is 0 Å². The van der Waals surface area contributed by atoms with E-state index in [4.69, 9.17) is 0 Å². The zero-order valence-electron chi connectivity index (χ0n) is 8.01. The van der Waals surface area contributed by atoms with Crippen molar-refractivity contribution in [3.8, 4) is 0 Å². The van der Waals surface area contributed by atoms with Crippen LogP contribution in [0.25, 0.3) is 0 Å². The second-order valence-corrected chi connectivity index (χ2v) is 3.30. The predicted octanol–water partition coefficient (Wildman–Crippen LogP) is 2.51. The van der Waals surface area contributed by atoms with E-state index < -0.39 is 4.92 Å². The smallest absolute Gasteiger partial charge is 0.269 e. The summed E-state index contributed by atoms with van der Waals surface area (Å²) in [5.74, 6) is 0. The molecule has 0 fully saturated rings. The van der Waals surface area contributed by atoms with E-state index in [1.807, 2.05) is 18.3 Å². The Kier molecular flexibility index (Phi) is 2.49. The van der Waals surface area contributed by atoms with Crippen molar-refractivity contribution in [2.75, 3.05) is 0 Å². The molecule has 2 rings (SSSR count). The van der Waals surface area contributed by atoms with Crippen LogP contribution in [0.2, 0.25) is 0 Å². The highest BCUT2D eigenvalue weighted by Crippen LogP contribution is 2.14. The monoisotopic (exact) mass is 202 g/mol. The van der Waals surface area contributed by atoms with Crippen molar-refractivity contribution in [2.45, 2.75) is 6.42 Å². The quantitative estimate of drug-likeness (QED) is 0.614. The molecule has 76 valence electrons. The molecule has 0 spiro atoms. The van der Waals surface area contributed by atoms with E-state index in [2.05, 4.69) is 4.98 Å². The summed E-state index contributed by atoms with van der Waals surface area (Å²) in [5, 5.41) is 10.4. The van der Waals surface area contributed by atoms with Crippen molar-refractivity contribution in [3.05, 3.63) is 64.0 Å².